The Morgan fingerprint density at radius 2 is 2.10 bits per heavy atom. The van der Waals surface area contributed by atoms with Gasteiger partial charge in [-0.2, -0.15) is 0 Å². The van der Waals surface area contributed by atoms with E-state index >= 15 is 0 Å². The fourth-order valence-electron chi connectivity index (χ4n) is 1.99. The average molecular weight is 306 g/mol. The quantitative estimate of drug-likeness (QED) is 0.942. The Balaban J connectivity index is 2.25. The molecule has 1 atom stereocenters. The molecule has 0 aromatic carbocycles. The molecule has 114 valence electrons. The molecule has 0 spiro atoms. The number of nitrogens with one attached hydrogen (secondary N) is 1. The molecule has 1 unspecified atom stereocenters. The summed E-state index contributed by atoms with van der Waals surface area (Å²) >= 11 is 1.67. The van der Waals surface area contributed by atoms with Crippen LogP contribution in [0.15, 0.2) is 23.4 Å². The van der Waals surface area contributed by atoms with Crippen LogP contribution in [0.1, 0.15) is 50.5 Å². The predicted octanol–water partition coefficient (Wildman–Crippen LogP) is 3.19. The first-order valence-electron chi connectivity index (χ1n) is 7.12. The van der Waals surface area contributed by atoms with E-state index in [4.69, 9.17) is 0 Å². The second-order valence-electron chi connectivity index (χ2n) is 6.01. The molecule has 0 aliphatic carbocycles. The number of hydrogen-bond acceptors (Lipinski definition) is 5. The highest BCUT2D eigenvalue weighted by Gasteiger charge is 2.18. The van der Waals surface area contributed by atoms with Crippen LogP contribution in [0.2, 0.25) is 0 Å². The molecular formula is C15H22N4OS. The van der Waals surface area contributed by atoms with Gasteiger partial charge in [0.2, 0.25) is 0 Å². The largest absolute Gasteiger partial charge is 0.357 e. The molecule has 2 aromatic rings. The van der Waals surface area contributed by atoms with Gasteiger partial charge in [0.25, 0.3) is 5.56 Å². The van der Waals surface area contributed by atoms with Gasteiger partial charge in [-0.1, -0.05) is 6.92 Å². The monoisotopic (exact) mass is 306 g/mol. The highest BCUT2D eigenvalue weighted by molar-refractivity contribution is 7.11. The van der Waals surface area contributed by atoms with E-state index in [1.807, 2.05) is 33.9 Å². The van der Waals surface area contributed by atoms with Gasteiger partial charge in [0, 0.05) is 29.0 Å². The maximum atomic E-state index is 12.5. The highest BCUT2D eigenvalue weighted by Crippen LogP contribution is 2.22. The summed E-state index contributed by atoms with van der Waals surface area (Å²) in [5.41, 5.74) is -0.375. The summed E-state index contributed by atoms with van der Waals surface area (Å²) in [6.07, 6.45) is 6.24. The third-order valence-corrected chi connectivity index (χ3v) is 4.53. The Labute approximate surface area is 129 Å². The lowest BCUT2D eigenvalue weighted by Gasteiger charge is -2.23. The summed E-state index contributed by atoms with van der Waals surface area (Å²) in [6.45, 7) is 10.1. The van der Waals surface area contributed by atoms with Crippen molar-refractivity contribution in [2.45, 2.75) is 52.6 Å². The van der Waals surface area contributed by atoms with Crippen LogP contribution >= 0.6 is 11.3 Å². The van der Waals surface area contributed by atoms with Gasteiger partial charge in [0.15, 0.2) is 5.82 Å². The molecule has 0 fully saturated rings. The van der Waals surface area contributed by atoms with E-state index < -0.39 is 0 Å². The van der Waals surface area contributed by atoms with Crippen molar-refractivity contribution in [2.75, 3.05) is 5.32 Å². The van der Waals surface area contributed by atoms with Gasteiger partial charge in [-0.25, -0.2) is 9.97 Å². The number of aromatic nitrogens is 3. The van der Waals surface area contributed by atoms with Gasteiger partial charge in [0.05, 0.1) is 6.04 Å². The number of thiazole rings is 1. The number of hydrogen-bond donors (Lipinski definition) is 1. The van der Waals surface area contributed by atoms with E-state index in [0.29, 0.717) is 5.82 Å². The fraction of sp³-hybridized carbons (Fsp3) is 0.533. The van der Waals surface area contributed by atoms with Crippen LogP contribution in [0.3, 0.4) is 0 Å². The number of aryl methyl sites for hydroxylation is 1. The Kier molecular flexibility index (Phi) is 4.46. The summed E-state index contributed by atoms with van der Waals surface area (Å²) in [7, 11) is 0. The topological polar surface area (TPSA) is 59.8 Å². The molecule has 5 nitrogen and oxygen atoms in total. The Hall–Kier alpha value is -1.69. The number of anilines is 1. The maximum Gasteiger partial charge on any atom is 0.293 e. The normalized spacial score (nSPS) is 13.2. The van der Waals surface area contributed by atoms with Gasteiger partial charge in [0.1, 0.15) is 5.01 Å². The van der Waals surface area contributed by atoms with Crippen molar-refractivity contribution in [1.82, 2.24) is 14.5 Å². The van der Waals surface area contributed by atoms with Crippen LogP contribution in [0.5, 0.6) is 0 Å². The van der Waals surface area contributed by atoms with Crippen LogP contribution in [0.4, 0.5) is 5.82 Å². The first-order valence-corrected chi connectivity index (χ1v) is 7.94. The highest BCUT2D eigenvalue weighted by atomic mass is 32.1. The second kappa shape index (κ2) is 5.97. The number of nitrogens with zero attached hydrogens (tertiary/aromatic N) is 3. The van der Waals surface area contributed by atoms with Gasteiger partial charge < -0.3 is 9.88 Å². The van der Waals surface area contributed by atoms with Gasteiger partial charge in [-0.15, -0.1) is 11.3 Å². The van der Waals surface area contributed by atoms with Crippen LogP contribution in [-0.2, 0) is 12.0 Å². The van der Waals surface area contributed by atoms with Gasteiger partial charge in [-0.05, 0) is 34.1 Å². The van der Waals surface area contributed by atoms with Gasteiger partial charge in [-0.3, -0.25) is 4.79 Å². The zero-order chi connectivity index (χ0) is 15.6. The van der Waals surface area contributed by atoms with Crippen LogP contribution in [0, 0.1) is 0 Å². The lowest BCUT2D eigenvalue weighted by atomic mass is 10.1. The molecule has 2 aromatic heterocycles. The lowest BCUT2D eigenvalue weighted by Crippen LogP contribution is -2.35. The molecule has 0 aliphatic rings. The Morgan fingerprint density at radius 1 is 1.38 bits per heavy atom. The molecule has 1 N–H and O–H groups in total. The summed E-state index contributed by atoms with van der Waals surface area (Å²) in [6, 6.07) is -0.0358. The van der Waals surface area contributed by atoms with E-state index in [0.717, 1.165) is 11.4 Å². The van der Waals surface area contributed by atoms with Crippen molar-refractivity contribution in [3.63, 3.8) is 0 Å². The molecule has 6 heteroatoms. The lowest BCUT2D eigenvalue weighted by molar-refractivity contribution is 0.383. The fourth-order valence-corrected chi connectivity index (χ4v) is 2.85. The smallest absolute Gasteiger partial charge is 0.293 e. The minimum atomic E-state index is -0.268. The predicted molar refractivity (Wildman–Crippen MR) is 87.0 cm³/mol. The minimum Gasteiger partial charge on any atom is -0.357 e. The standard InChI is InChI=1S/C15H22N4OS/c1-6-11-9-17-13(21-11)10(2)18-12-14(20)19(8-7-16-12)15(3,4)5/h7-10H,6H2,1-5H3,(H,16,18). The molecule has 0 saturated heterocycles. The molecule has 0 radical (unpaired) electrons. The van der Waals surface area contributed by atoms with Crippen molar-refractivity contribution < 1.29 is 0 Å². The first-order chi connectivity index (χ1) is 9.82. The maximum absolute atomic E-state index is 12.5. The van der Waals surface area contributed by atoms with Crippen molar-refractivity contribution in [1.29, 1.82) is 0 Å². The Bertz CT molecular complexity index is 669. The van der Waals surface area contributed by atoms with Crippen LogP contribution in [0.25, 0.3) is 0 Å². The average Bonchev–Trinajstić information content (AvgIpc) is 2.88. The third kappa shape index (κ3) is 3.50. The summed E-state index contributed by atoms with van der Waals surface area (Å²) in [5, 5.41) is 4.15. The van der Waals surface area contributed by atoms with E-state index in [1.165, 1.54) is 4.88 Å². The van der Waals surface area contributed by atoms with Gasteiger partial charge >= 0.3 is 0 Å². The minimum absolute atomic E-state index is 0.0358. The van der Waals surface area contributed by atoms with Crippen molar-refractivity contribution >= 4 is 17.2 Å². The van der Waals surface area contributed by atoms with Crippen molar-refractivity contribution in [3.8, 4) is 0 Å². The molecule has 0 amide bonds. The van der Waals surface area contributed by atoms with E-state index in [9.17, 15) is 4.79 Å². The Morgan fingerprint density at radius 3 is 2.67 bits per heavy atom. The molecule has 0 aliphatic heterocycles. The summed E-state index contributed by atoms with van der Waals surface area (Å²) in [4.78, 5) is 22.3. The molecular weight excluding hydrogens is 284 g/mol. The zero-order valence-electron chi connectivity index (χ0n) is 13.2. The SMILES string of the molecule is CCc1cnc(C(C)Nc2nccn(C(C)(C)C)c2=O)s1. The molecule has 0 saturated carbocycles. The molecule has 2 heterocycles. The molecule has 2 rings (SSSR count). The van der Waals surface area contributed by atoms with Crippen molar-refractivity contribution in [2.24, 2.45) is 0 Å². The van der Waals surface area contributed by atoms with E-state index in [2.05, 4.69) is 22.2 Å². The second-order valence-corrected chi connectivity index (χ2v) is 7.15. The molecule has 0 bridgehead atoms. The van der Waals surface area contributed by atoms with Crippen LogP contribution < -0.4 is 10.9 Å². The summed E-state index contributed by atoms with van der Waals surface area (Å²) in [5.74, 6) is 0.369. The third-order valence-electron chi connectivity index (χ3n) is 3.21. The van der Waals surface area contributed by atoms with E-state index in [-0.39, 0.29) is 17.1 Å². The van der Waals surface area contributed by atoms with E-state index in [1.54, 1.807) is 28.3 Å². The van der Waals surface area contributed by atoms with Crippen LogP contribution in [-0.4, -0.2) is 14.5 Å². The van der Waals surface area contributed by atoms with Crippen molar-refractivity contribution in [3.05, 3.63) is 38.8 Å². The molecule has 21 heavy (non-hydrogen) atoms. The zero-order valence-corrected chi connectivity index (χ0v) is 14.0. The summed E-state index contributed by atoms with van der Waals surface area (Å²) < 4.78 is 1.69. The number of rotatable bonds is 4. The first kappa shape index (κ1) is 15.7.